The fraction of sp³-hybridized carbons (Fsp3) is 0.571. The third-order valence-corrected chi connectivity index (χ3v) is 3.13. The van der Waals surface area contributed by atoms with Crippen molar-refractivity contribution in [3.8, 4) is 0 Å². The monoisotopic (exact) mass is 261 g/mol. The van der Waals surface area contributed by atoms with E-state index < -0.39 is 0 Å². The Hall–Kier alpha value is -1.62. The Morgan fingerprint density at radius 2 is 2.16 bits per heavy atom. The quantitative estimate of drug-likeness (QED) is 0.703. The molecule has 0 saturated heterocycles. The molecule has 5 heteroatoms. The van der Waals surface area contributed by atoms with Gasteiger partial charge in [0.15, 0.2) is 0 Å². The standard InChI is InChI=1S/C14H23N5/c1-2-9-19-14(5-7-17-19)12-15-6-3-4-10-18-11-8-16-13-18/h5,7-8,11,13,15H,2-4,6,9-10,12H2,1H3. The molecule has 1 N–H and O–H groups in total. The fourth-order valence-electron chi connectivity index (χ4n) is 2.10. The molecule has 0 aromatic carbocycles. The summed E-state index contributed by atoms with van der Waals surface area (Å²) in [6.07, 6.45) is 11.1. The van der Waals surface area contributed by atoms with Crippen LogP contribution in [0.4, 0.5) is 0 Å². The van der Waals surface area contributed by atoms with Gasteiger partial charge in [-0.2, -0.15) is 5.10 Å². The van der Waals surface area contributed by atoms with Crippen LogP contribution in [0.1, 0.15) is 31.9 Å². The summed E-state index contributed by atoms with van der Waals surface area (Å²) in [4.78, 5) is 4.04. The van der Waals surface area contributed by atoms with E-state index in [1.807, 2.05) is 24.9 Å². The Labute approximate surface area is 114 Å². The van der Waals surface area contributed by atoms with Crippen molar-refractivity contribution in [1.82, 2.24) is 24.6 Å². The Kier molecular flexibility index (Phi) is 5.62. The van der Waals surface area contributed by atoms with E-state index >= 15 is 0 Å². The van der Waals surface area contributed by atoms with E-state index in [9.17, 15) is 0 Å². The summed E-state index contributed by atoms with van der Waals surface area (Å²) in [7, 11) is 0. The van der Waals surface area contributed by atoms with Gasteiger partial charge in [-0.15, -0.1) is 0 Å². The van der Waals surface area contributed by atoms with Crippen LogP contribution in [0, 0.1) is 0 Å². The van der Waals surface area contributed by atoms with Gasteiger partial charge in [0, 0.05) is 38.2 Å². The first kappa shape index (κ1) is 13.8. The molecule has 0 aliphatic rings. The lowest BCUT2D eigenvalue weighted by atomic mass is 10.3. The molecule has 19 heavy (non-hydrogen) atoms. The summed E-state index contributed by atoms with van der Waals surface area (Å²) >= 11 is 0. The highest BCUT2D eigenvalue weighted by molar-refractivity contribution is 4.99. The maximum Gasteiger partial charge on any atom is 0.0945 e. The lowest BCUT2D eigenvalue weighted by molar-refractivity contribution is 0.530. The molecule has 2 aromatic rings. The minimum atomic E-state index is 0.908. The first-order valence-electron chi connectivity index (χ1n) is 7.07. The molecule has 0 amide bonds. The molecule has 0 aliphatic heterocycles. The maximum atomic E-state index is 4.32. The summed E-state index contributed by atoms with van der Waals surface area (Å²) in [5, 5.41) is 7.80. The fourth-order valence-corrected chi connectivity index (χ4v) is 2.10. The van der Waals surface area contributed by atoms with Crippen molar-refractivity contribution in [3.63, 3.8) is 0 Å². The van der Waals surface area contributed by atoms with Crippen LogP contribution < -0.4 is 5.32 Å². The highest BCUT2D eigenvalue weighted by atomic mass is 15.3. The number of nitrogens with one attached hydrogen (secondary N) is 1. The van der Waals surface area contributed by atoms with Gasteiger partial charge in [0.1, 0.15) is 0 Å². The normalized spacial score (nSPS) is 11.0. The molecule has 2 rings (SSSR count). The molecule has 0 atom stereocenters. The zero-order valence-electron chi connectivity index (χ0n) is 11.6. The van der Waals surface area contributed by atoms with Crippen LogP contribution in [-0.2, 0) is 19.6 Å². The Bertz CT molecular complexity index is 446. The van der Waals surface area contributed by atoms with Gasteiger partial charge in [0.25, 0.3) is 0 Å². The number of hydrogen-bond acceptors (Lipinski definition) is 3. The third-order valence-electron chi connectivity index (χ3n) is 3.13. The first-order chi connectivity index (χ1) is 9.40. The molecule has 0 aliphatic carbocycles. The Morgan fingerprint density at radius 1 is 1.21 bits per heavy atom. The van der Waals surface area contributed by atoms with Gasteiger partial charge in [-0.05, 0) is 31.9 Å². The number of aryl methyl sites for hydroxylation is 2. The highest BCUT2D eigenvalue weighted by Gasteiger charge is 2.00. The average Bonchev–Trinajstić information content (AvgIpc) is 3.06. The molecule has 0 unspecified atom stereocenters. The van der Waals surface area contributed by atoms with Crippen molar-refractivity contribution in [3.05, 3.63) is 36.7 Å². The van der Waals surface area contributed by atoms with Gasteiger partial charge >= 0.3 is 0 Å². The van der Waals surface area contributed by atoms with Gasteiger partial charge < -0.3 is 9.88 Å². The molecule has 0 bridgehead atoms. The number of imidazole rings is 1. The van der Waals surface area contributed by atoms with E-state index in [-0.39, 0.29) is 0 Å². The molecule has 0 fully saturated rings. The van der Waals surface area contributed by atoms with Gasteiger partial charge in [0.2, 0.25) is 0 Å². The molecular weight excluding hydrogens is 238 g/mol. The van der Waals surface area contributed by atoms with Crippen LogP contribution in [-0.4, -0.2) is 25.9 Å². The summed E-state index contributed by atoms with van der Waals surface area (Å²) < 4.78 is 4.20. The second-order valence-electron chi connectivity index (χ2n) is 4.73. The third kappa shape index (κ3) is 4.52. The lowest BCUT2D eigenvalue weighted by Gasteiger charge is -2.08. The molecule has 104 valence electrons. The van der Waals surface area contributed by atoms with E-state index in [1.54, 1.807) is 0 Å². The van der Waals surface area contributed by atoms with Crippen molar-refractivity contribution in [2.75, 3.05) is 6.54 Å². The van der Waals surface area contributed by atoms with E-state index in [4.69, 9.17) is 0 Å². The van der Waals surface area contributed by atoms with E-state index in [1.165, 1.54) is 18.5 Å². The summed E-state index contributed by atoms with van der Waals surface area (Å²) in [6, 6.07) is 2.09. The average molecular weight is 261 g/mol. The SMILES string of the molecule is CCCn1nccc1CNCCCCn1ccnc1. The molecule has 5 nitrogen and oxygen atoms in total. The predicted octanol–water partition coefficient (Wildman–Crippen LogP) is 2.06. The minimum absolute atomic E-state index is 0.908. The number of unbranched alkanes of at least 4 members (excludes halogenated alkanes) is 1. The number of nitrogens with zero attached hydrogens (tertiary/aromatic N) is 4. The number of rotatable bonds is 9. The summed E-state index contributed by atoms with van der Waals surface area (Å²) in [5.74, 6) is 0. The zero-order valence-corrected chi connectivity index (χ0v) is 11.6. The van der Waals surface area contributed by atoms with Crippen molar-refractivity contribution in [2.24, 2.45) is 0 Å². The van der Waals surface area contributed by atoms with Crippen molar-refractivity contribution >= 4 is 0 Å². The molecule has 2 aromatic heterocycles. The van der Waals surface area contributed by atoms with Crippen molar-refractivity contribution in [2.45, 2.75) is 45.8 Å². The minimum Gasteiger partial charge on any atom is -0.337 e. The van der Waals surface area contributed by atoms with Gasteiger partial charge in [-0.1, -0.05) is 6.92 Å². The smallest absolute Gasteiger partial charge is 0.0945 e. The number of aromatic nitrogens is 4. The first-order valence-corrected chi connectivity index (χ1v) is 7.07. The summed E-state index contributed by atoms with van der Waals surface area (Å²) in [6.45, 7) is 6.19. The zero-order chi connectivity index (χ0) is 13.3. The van der Waals surface area contributed by atoms with E-state index in [0.29, 0.717) is 0 Å². The molecular formula is C14H23N5. The van der Waals surface area contributed by atoms with Gasteiger partial charge in [0.05, 0.1) is 12.0 Å². The molecule has 0 saturated carbocycles. The van der Waals surface area contributed by atoms with Crippen LogP contribution in [0.25, 0.3) is 0 Å². The van der Waals surface area contributed by atoms with Gasteiger partial charge in [-0.25, -0.2) is 4.98 Å². The second-order valence-corrected chi connectivity index (χ2v) is 4.73. The molecule has 0 spiro atoms. The van der Waals surface area contributed by atoms with Crippen LogP contribution in [0.2, 0.25) is 0 Å². The van der Waals surface area contributed by atoms with Crippen LogP contribution in [0.15, 0.2) is 31.0 Å². The lowest BCUT2D eigenvalue weighted by Crippen LogP contribution is -2.18. The Balaban J connectivity index is 1.57. The van der Waals surface area contributed by atoms with Crippen molar-refractivity contribution in [1.29, 1.82) is 0 Å². The van der Waals surface area contributed by atoms with Crippen LogP contribution in [0.3, 0.4) is 0 Å². The topological polar surface area (TPSA) is 47.7 Å². The van der Waals surface area contributed by atoms with Crippen molar-refractivity contribution < 1.29 is 0 Å². The van der Waals surface area contributed by atoms with Crippen LogP contribution >= 0.6 is 0 Å². The summed E-state index contributed by atoms with van der Waals surface area (Å²) in [5.41, 5.74) is 1.27. The largest absolute Gasteiger partial charge is 0.337 e. The molecule has 2 heterocycles. The molecule has 0 radical (unpaired) electrons. The van der Waals surface area contributed by atoms with E-state index in [2.05, 4.69) is 37.6 Å². The van der Waals surface area contributed by atoms with E-state index in [0.717, 1.165) is 32.6 Å². The predicted molar refractivity (Wildman–Crippen MR) is 75.7 cm³/mol. The Morgan fingerprint density at radius 3 is 2.95 bits per heavy atom. The second kappa shape index (κ2) is 7.74. The highest BCUT2D eigenvalue weighted by Crippen LogP contribution is 2.00. The van der Waals surface area contributed by atoms with Gasteiger partial charge in [-0.3, -0.25) is 4.68 Å². The number of hydrogen-bond donors (Lipinski definition) is 1. The van der Waals surface area contributed by atoms with Crippen LogP contribution in [0.5, 0.6) is 0 Å². The maximum absolute atomic E-state index is 4.32.